The van der Waals surface area contributed by atoms with Crippen LogP contribution in [-0.4, -0.2) is 0 Å². The SMILES string of the molecule is CCC1CCC(C=CC#Cc2ccc(C(F)(F)F)cc2)CC1. The van der Waals surface area contributed by atoms with Crippen molar-refractivity contribution < 1.29 is 13.2 Å². The van der Waals surface area contributed by atoms with Gasteiger partial charge in [-0.2, -0.15) is 13.2 Å². The second-order valence-electron chi connectivity index (χ2n) is 5.89. The number of hydrogen-bond donors (Lipinski definition) is 0. The molecule has 1 aliphatic rings. The Labute approximate surface area is 130 Å². The Kier molecular flexibility index (Phi) is 5.71. The normalized spacial score (nSPS) is 22.4. The molecule has 0 radical (unpaired) electrons. The lowest BCUT2D eigenvalue weighted by Crippen LogP contribution is -2.11. The van der Waals surface area contributed by atoms with Crippen LogP contribution >= 0.6 is 0 Å². The molecule has 0 unspecified atom stereocenters. The predicted molar refractivity (Wildman–Crippen MR) is 83.2 cm³/mol. The number of rotatable bonds is 2. The predicted octanol–water partition coefficient (Wildman–Crippen LogP) is 5.83. The van der Waals surface area contributed by atoms with Crippen LogP contribution in [0.1, 0.15) is 50.2 Å². The van der Waals surface area contributed by atoms with Crippen molar-refractivity contribution in [2.75, 3.05) is 0 Å². The molecule has 1 aromatic carbocycles. The van der Waals surface area contributed by atoms with E-state index >= 15 is 0 Å². The first-order chi connectivity index (χ1) is 10.5. The highest BCUT2D eigenvalue weighted by Gasteiger charge is 2.29. The van der Waals surface area contributed by atoms with Gasteiger partial charge in [-0.25, -0.2) is 0 Å². The van der Waals surface area contributed by atoms with Crippen molar-refractivity contribution in [2.45, 2.75) is 45.2 Å². The van der Waals surface area contributed by atoms with Gasteiger partial charge in [-0.15, -0.1) is 0 Å². The van der Waals surface area contributed by atoms with E-state index < -0.39 is 11.7 Å². The number of halogens is 3. The zero-order valence-corrected chi connectivity index (χ0v) is 12.8. The molecular formula is C19H21F3. The Morgan fingerprint density at radius 1 is 1.09 bits per heavy atom. The summed E-state index contributed by atoms with van der Waals surface area (Å²) in [5, 5.41) is 0. The van der Waals surface area contributed by atoms with Gasteiger partial charge in [-0.1, -0.05) is 31.3 Å². The van der Waals surface area contributed by atoms with Crippen molar-refractivity contribution in [3.63, 3.8) is 0 Å². The fourth-order valence-corrected chi connectivity index (χ4v) is 2.84. The third-order valence-corrected chi connectivity index (χ3v) is 4.35. The maximum atomic E-state index is 12.4. The standard InChI is InChI=1S/C19H21F3/c1-2-15-7-9-16(10-8-15)5-3-4-6-17-11-13-18(14-12-17)19(20,21)22/h3,5,11-16H,2,7-10H2,1H3. The molecule has 0 nitrogen and oxygen atoms in total. The average Bonchev–Trinajstić information content (AvgIpc) is 2.52. The van der Waals surface area contributed by atoms with Gasteiger partial charge in [0.25, 0.3) is 0 Å². The average molecular weight is 306 g/mol. The lowest BCUT2D eigenvalue weighted by Gasteiger charge is -2.25. The first-order valence-corrected chi connectivity index (χ1v) is 7.84. The molecule has 1 saturated carbocycles. The topological polar surface area (TPSA) is 0 Å². The molecule has 1 fully saturated rings. The van der Waals surface area contributed by atoms with E-state index in [-0.39, 0.29) is 0 Å². The van der Waals surface area contributed by atoms with E-state index in [9.17, 15) is 13.2 Å². The summed E-state index contributed by atoms with van der Waals surface area (Å²) in [6, 6.07) is 4.96. The van der Waals surface area contributed by atoms with Gasteiger partial charge in [-0.3, -0.25) is 0 Å². The number of benzene rings is 1. The Morgan fingerprint density at radius 3 is 2.27 bits per heavy atom. The zero-order valence-electron chi connectivity index (χ0n) is 12.8. The highest BCUT2D eigenvalue weighted by molar-refractivity contribution is 5.39. The van der Waals surface area contributed by atoms with Crippen LogP contribution in [0.3, 0.4) is 0 Å². The van der Waals surface area contributed by atoms with E-state index in [1.807, 2.05) is 6.08 Å². The van der Waals surface area contributed by atoms with Crippen LogP contribution in [0, 0.1) is 23.7 Å². The van der Waals surface area contributed by atoms with Crippen LogP contribution in [0.2, 0.25) is 0 Å². The molecule has 0 aliphatic heterocycles. The van der Waals surface area contributed by atoms with Crippen LogP contribution < -0.4 is 0 Å². The summed E-state index contributed by atoms with van der Waals surface area (Å²) in [6.07, 6.45) is 5.98. The molecule has 0 bridgehead atoms. The summed E-state index contributed by atoms with van der Waals surface area (Å²) in [5.74, 6) is 7.28. The van der Waals surface area contributed by atoms with Gasteiger partial charge in [-0.05, 0) is 67.9 Å². The van der Waals surface area contributed by atoms with Crippen LogP contribution in [-0.2, 0) is 6.18 Å². The van der Waals surface area contributed by atoms with Crippen molar-refractivity contribution in [3.05, 3.63) is 47.5 Å². The van der Waals surface area contributed by atoms with Crippen LogP contribution in [0.25, 0.3) is 0 Å². The van der Waals surface area contributed by atoms with Gasteiger partial charge in [0.05, 0.1) is 5.56 Å². The van der Waals surface area contributed by atoms with E-state index in [0.717, 1.165) is 18.1 Å². The molecule has 1 aliphatic carbocycles. The fraction of sp³-hybridized carbons (Fsp3) is 0.474. The first-order valence-electron chi connectivity index (χ1n) is 7.84. The summed E-state index contributed by atoms with van der Waals surface area (Å²) in [6.45, 7) is 2.25. The number of allylic oxidation sites excluding steroid dienone is 2. The lowest BCUT2D eigenvalue weighted by molar-refractivity contribution is -0.137. The van der Waals surface area contributed by atoms with E-state index in [1.54, 1.807) is 0 Å². The Bertz CT molecular complexity index is 547. The summed E-state index contributed by atoms with van der Waals surface area (Å²) in [5.41, 5.74) is -0.0337. The van der Waals surface area contributed by atoms with Crippen LogP contribution in [0.4, 0.5) is 13.2 Å². The highest BCUT2D eigenvalue weighted by atomic mass is 19.4. The lowest BCUT2D eigenvalue weighted by atomic mass is 9.81. The molecule has 0 amide bonds. The van der Waals surface area contributed by atoms with Gasteiger partial charge in [0.15, 0.2) is 0 Å². The molecular weight excluding hydrogens is 285 g/mol. The van der Waals surface area contributed by atoms with Crippen LogP contribution in [0.15, 0.2) is 36.4 Å². The second-order valence-corrected chi connectivity index (χ2v) is 5.89. The Balaban J connectivity index is 1.87. The maximum absolute atomic E-state index is 12.4. The minimum atomic E-state index is -4.29. The minimum absolute atomic E-state index is 0.602. The zero-order chi connectivity index (χ0) is 16.0. The van der Waals surface area contributed by atoms with Gasteiger partial charge in [0.1, 0.15) is 0 Å². The van der Waals surface area contributed by atoms with E-state index in [1.165, 1.54) is 44.2 Å². The first kappa shape index (κ1) is 16.7. The number of hydrogen-bond acceptors (Lipinski definition) is 0. The maximum Gasteiger partial charge on any atom is 0.416 e. The summed E-state index contributed by atoms with van der Waals surface area (Å²) >= 11 is 0. The largest absolute Gasteiger partial charge is 0.416 e. The van der Waals surface area contributed by atoms with Gasteiger partial charge < -0.3 is 0 Å². The van der Waals surface area contributed by atoms with E-state index in [0.29, 0.717) is 11.5 Å². The minimum Gasteiger partial charge on any atom is -0.166 e. The van der Waals surface area contributed by atoms with Crippen LogP contribution in [0.5, 0.6) is 0 Å². The molecule has 118 valence electrons. The third kappa shape index (κ3) is 4.94. The molecule has 0 N–H and O–H groups in total. The highest BCUT2D eigenvalue weighted by Crippen LogP contribution is 2.31. The van der Waals surface area contributed by atoms with Crippen molar-refractivity contribution in [3.8, 4) is 11.8 Å². The third-order valence-electron chi connectivity index (χ3n) is 4.35. The van der Waals surface area contributed by atoms with Crippen molar-refractivity contribution in [2.24, 2.45) is 11.8 Å². The molecule has 0 atom stereocenters. The van der Waals surface area contributed by atoms with Crippen molar-refractivity contribution in [1.82, 2.24) is 0 Å². The van der Waals surface area contributed by atoms with Gasteiger partial charge >= 0.3 is 6.18 Å². The van der Waals surface area contributed by atoms with E-state index in [4.69, 9.17) is 0 Å². The van der Waals surface area contributed by atoms with Gasteiger partial charge in [0.2, 0.25) is 0 Å². The molecule has 0 spiro atoms. The molecule has 0 aromatic heterocycles. The Hall–Kier alpha value is -1.69. The molecule has 0 heterocycles. The quantitative estimate of drug-likeness (QED) is 0.603. The van der Waals surface area contributed by atoms with Gasteiger partial charge in [0, 0.05) is 5.56 Å². The molecule has 22 heavy (non-hydrogen) atoms. The Morgan fingerprint density at radius 2 is 1.73 bits per heavy atom. The monoisotopic (exact) mass is 306 g/mol. The van der Waals surface area contributed by atoms with Crippen molar-refractivity contribution in [1.29, 1.82) is 0 Å². The van der Waals surface area contributed by atoms with E-state index in [2.05, 4.69) is 24.8 Å². The van der Waals surface area contributed by atoms with Crippen molar-refractivity contribution >= 4 is 0 Å². The summed E-state index contributed by atoms with van der Waals surface area (Å²) < 4.78 is 37.3. The summed E-state index contributed by atoms with van der Waals surface area (Å²) in [7, 11) is 0. The molecule has 3 heteroatoms. The summed E-state index contributed by atoms with van der Waals surface area (Å²) in [4.78, 5) is 0. The molecule has 0 saturated heterocycles. The number of alkyl halides is 3. The molecule has 1 aromatic rings. The molecule has 2 rings (SSSR count). The smallest absolute Gasteiger partial charge is 0.166 e. The second kappa shape index (κ2) is 7.54. The fourth-order valence-electron chi connectivity index (χ4n) is 2.84.